The number of carbonyl (C=O) groups is 2. The Bertz CT molecular complexity index is 1270. The first-order chi connectivity index (χ1) is 16.9. The molecule has 0 spiro atoms. The Morgan fingerprint density at radius 2 is 1.83 bits per heavy atom. The molecule has 2 fully saturated rings. The van der Waals surface area contributed by atoms with E-state index in [0.29, 0.717) is 25.7 Å². The Morgan fingerprint density at radius 1 is 1.14 bits per heavy atom. The largest absolute Gasteiger partial charge is 0.508 e. The van der Waals surface area contributed by atoms with Crippen molar-refractivity contribution in [3.8, 4) is 5.75 Å². The van der Waals surface area contributed by atoms with E-state index in [1.54, 1.807) is 31.2 Å². The van der Waals surface area contributed by atoms with Crippen molar-refractivity contribution in [1.29, 1.82) is 0 Å². The molecule has 0 amide bonds. The van der Waals surface area contributed by atoms with Crippen molar-refractivity contribution in [2.24, 2.45) is 17.3 Å². The molecule has 2 saturated carbocycles. The Morgan fingerprint density at radius 3 is 2.53 bits per heavy atom. The maximum Gasteiger partial charge on any atom is 0.297 e. The van der Waals surface area contributed by atoms with Gasteiger partial charge in [0.15, 0.2) is 5.78 Å². The Balaban J connectivity index is 1.49. The van der Waals surface area contributed by atoms with Crippen LogP contribution in [0, 0.1) is 31.1 Å². The Labute approximate surface area is 212 Å². The Hall–Kier alpha value is -2.55. The molecule has 8 heteroatoms. The number of carbonyl (C=O) groups excluding carboxylic acids is 2. The van der Waals surface area contributed by atoms with Gasteiger partial charge in [0.25, 0.3) is 10.1 Å². The van der Waals surface area contributed by atoms with Crippen LogP contribution in [0.25, 0.3) is 0 Å². The maximum atomic E-state index is 13.3. The lowest BCUT2D eigenvalue weighted by molar-refractivity contribution is -0.161. The monoisotopic (exact) mass is 514 g/mol. The predicted molar refractivity (Wildman–Crippen MR) is 134 cm³/mol. The zero-order valence-corrected chi connectivity index (χ0v) is 21.8. The van der Waals surface area contributed by atoms with Crippen molar-refractivity contribution in [3.05, 3.63) is 59.2 Å². The minimum atomic E-state index is -4.17. The summed E-state index contributed by atoms with van der Waals surface area (Å²) in [7, 11) is -4.17. The lowest BCUT2D eigenvalue weighted by Gasteiger charge is -2.47. The van der Waals surface area contributed by atoms with Gasteiger partial charge in [0.2, 0.25) is 0 Å². The molecule has 2 aliphatic rings. The fourth-order valence-corrected chi connectivity index (χ4v) is 7.15. The lowest BCUT2D eigenvalue weighted by Crippen LogP contribution is -2.56. The van der Waals surface area contributed by atoms with E-state index in [9.17, 15) is 28.2 Å². The average Bonchev–Trinajstić information content (AvgIpc) is 3.09. The summed E-state index contributed by atoms with van der Waals surface area (Å²) in [5.74, 6) is -0.595. The van der Waals surface area contributed by atoms with Gasteiger partial charge in [0.1, 0.15) is 23.7 Å². The molecule has 4 rings (SSSR count). The highest BCUT2D eigenvalue weighted by Crippen LogP contribution is 2.59. The molecule has 0 aromatic heterocycles. The zero-order chi connectivity index (χ0) is 26.3. The lowest BCUT2D eigenvalue weighted by atomic mass is 9.58. The number of phenols is 1. The van der Waals surface area contributed by atoms with Crippen LogP contribution >= 0.6 is 0 Å². The number of hydrogen-bond donors (Lipinski definition) is 2. The fraction of sp³-hybridized carbons (Fsp3) is 0.500. The summed E-state index contributed by atoms with van der Waals surface area (Å²) in [4.78, 5) is 26.0. The summed E-state index contributed by atoms with van der Waals surface area (Å²) in [6.07, 6.45) is 2.57. The van der Waals surface area contributed by atoms with Crippen molar-refractivity contribution in [2.45, 2.75) is 69.8 Å². The molecule has 0 saturated heterocycles. The number of rotatable bonds is 8. The van der Waals surface area contributed by atoms with Gasteiger partial charge in [-0.25, -0.2) is 0 Å². The van der Waals surface area contributed by atoms with Crippen molar-refractivity contribution >= 4 is 21.7 Å². The third-order valence-corrected chi connectivity index (χ3v) is 9.71. The molecule has 7 nitrogen and oxygen atoms in total. The van der Waals surface area contributed by atoms with E-state index in [1.165, 1.54) is 12.1 Å². The minimum Gasteiger partial charge on any atom is -0.508 e. The molecule has 36 heavy (non-hydrogen) atoms. The number of Topliss-reactive ketones (excluding diaryl/α,β-unsaturated/α-hetero) is 2. The summed E-state index contributed by atoms with van der Waals surface area (Å²) < 4.78 is 30.2. The number of benzene rings is 2. The van der Waals surface area contributed by atoms with Crippen molar-refractivity contribution in [1.82, 2.24) is 0 Å². The van der Waals surface area contributed by atoms with Gasteiger partial charge < -0.3 is 10.2 Å². The molecular formula is C28H34O7S. The van der Waals surface area contributed by atoms with E-state index in [4.69, 9.17) is 4.18 Å². The molecule has 2 aromatic rings. The van der Waals surface area contributed by atoms with E-state index in [-0.39, 0.29) is 41.1 Å². The van der Waals surface area contributed by atoms with Gasteiger partial charge in [-0.3, -0.25) is 13.8 Å². The van der Waals surface area contributed by atoms with E-state index in [1.807, 2.05) is 19.9 Å². The van der Waals surface area contributed by atoms with Crippen LogP contribution in [-0.4, -0.2) is 42.4 Å². The summed E-state index contributed by atoms with van der Waals surface area (Å²) in [5, 5.41) is 21.5. The molecule has 0 aliphatic heterocycles. The maximum absolute atomic E-state index is 13.3. The topological polar surface area (TPSA) is 118 Å². The van der Waals surface area contributed by atoms with Gasteiger partial charge in [-0.05, 0) is 86.8 Å². The standard InChI is InChI=1S/C28H34O7S/c1-18-4-10-24(11-5-18)36(33,34)35-17-26(31)28(32)13-12-25-21(15-23(30)16-27(25,28)3)8-7-20-14-22(29)9-6-19(20)2/h4-6,9-11,14,21,25,29,32H,7-8,12-13,15-17H2,1-3H3. The number of phenolic OH excluding ortho intramolecular Hbond substituents is 1. The molecule has 2 aromatic carbocycles. The van der Waals surface area contributed by atoms with Gasteiger partial charge >= 0.3 is 0 Å². The number of fused-ring (bicyclic) bond motifs is 1. The van der Waals surface area contributed by atoms with E-state index in [2.05, 4.69) is 0 Å². The quantitative estimate of drug-likeness (QED) is 0.511. The normalized spacial score (nSPS) is 28.2. The molecule has 2 aliphatic carbocycles. The first kappa shape index (κ1) is 26.5. The van der Waals surface area contributed by atoms with Crippen LogP contribution in [0.4, 0.5) is 0 Å². The van der Waals surface area contributed by atoms with Crippen molar-refractivity contribution in [3.63, 3.8) is 0 Å². The number of hydrogen-bond acceptors (Lipinski definition) is 7. The second-order valence-corrected chi connectivity index (χ2v) is 12.3. The molecule has 0 bridgehead atoms. The molecule has 0 heterocycles. The third kappa shape index (κ3) is 4.86. The van der Waals surface area contributed by atoms with Gasteiger partial charge in [-0.1, -0.05) is 30.7 Å². The third-order valence-electron chi connectivity index (χ3n) is 8.44. The van der Waals surface area contributed by atoms with Crippen LogP contribution in [0.1, 0.15) is 55.7 Å². The molecule has 194 valence electrons. The summed E-state index contributed by atoms with van der Waals surface area (Å²) in [6.45, 7) is 4.80. The van der Waals surface area contributed by atoms with E-state index < -0.39 is 33.5 Å². The van der Waals surface area contributed by atoms with Crippen LogP contribution in [-0.2, 0) is 30.3 Å². The van der Waals surface area contributed by atoms with E-state index in [0.717, 1.165) is 16.7 Å². The van der Waals surface area contributed by atoms with Gasteiger partial charge in [-0.2, -0.15) is 8.42 Å². The van der Waals surface area contributed by atoms with Crippen LogP contribution in [0.5, 0.6) is 5.75 Å². The highest BCUT2D eigenvalue weighted by molar-refractivity contribution is 7.86. The van der Waals surface area contributed by atoms with E-state index >= 15 is 0 Å². The smallest absolute Gasteiger partial charge is 0.297 e. The molecule has 4 atom stereocenters. The van der Waals surface area contributed by atoms with Gasteiger partial charge in [-0.15, -0.1) is 0 Å². The van der Waals surface area contributed by atoms with Crippen LogP contribution in [0.2, 0.25) is 0 Å². The highest BCUT2D eigenvalue weighted by Gasteiger charge is 2.64. The van der Waals surface area contributed by atoms with Crippen LogP contribution in [0.3, 0.4) is 0 Å². The van der Waals surface area contributed by atoms with Gasteiger partial charge in [0.05, 0.1) is 4.90 Å². The average molecular weight is 515 g/mol. The van der Waals surface area contributed by atoms with Crippen LogP contribution in [0.15, 0.2) is 47.4 Å². The minimum absolute atomic E-state index is 0.00676. The first-order valence-corrected chi connectivity index (χ1v) is 13.8. The zero-order valence-electron chi connectivity index (χ0n) is 21.0. The molecule has 0 radical (unpaired) electrons. The summed E-state index contributed by atoms with van der Waals surface area (Å²) >= 11 is 0. The highest BCUT2D eigenvalue weighted by atomic mass is 32.2. The summed E-state index contributed by atoms with van der Waals surface area (Å²) in [5.41, 5.74) is 0.126. The Kier molecular flexibility index (Phi) is 7.16. The molecule has 4 unspecified atom stereocenters. The number of aliphatic hydroxyl groups is 1. The molecule has 2 N–H and O–H groups in total. The van der Waals surface area contributed by atoms with Crippen LogP contribution < -0.4 is 0 Å². The SMILES string of the molecule is Cc1ccc(S(=O)(=O)OCC(=O)C2(O)CCC3C(CCc4cc(O)ccc4C)CC(=O)CC32C)cc1. The number of aryl methyl sites for hydroxylation is 3. The second kappa shape index (κ2) is 9.72. The predicted octanol–water partition coefficient (Wildman–Crippen LogP) is 4.04. The second-order valence-electron chi connectivity index (χ2n) is 10.7. The molecular weight excluding hydrogens is 480 g/mol. The fourth-order valence-electron chi connectivity index (χ4n) is 6.28. The van der Waals surface area contributed by atoms with Gasteiger partial charge in [0, 0.05) is 18.3 Å². The van der Waals surface area contributed by atoms with Crippen molar-refractivity contribution in [2.75, 3.05) is 6.61 Å². The van der Waals surface area contributed by atoms with Crippen molar-refractivity contribution < 1.29 is 32.4 Å². The summed E-state index contributed by atoms with van der Waals surface area (Å²) in [6, 6.07) is 11.3. The number of ketones is 2. The number of aromatic hydroxyl groups is 1. The first-order valence-electron chi connectivity index (χ1n) is 12.4.